The number of rotatable bonds is 10. The highest BCUT2D eigenvalue weighted by atomic mass is 19.1. The molecule has 0 heterocycles. The monoisotopic (exact) mass is 510 g/mol. The SMILES string of the molecule is CC(C)(CCc1cc(C(=O)OCc2ccccc2)ccc1F)c1ccc(C(=O)OCc2ccccc2)cc1. The van der Waals surface area contributed by atoms with Gasteiger partial charge in [-0.15, -0.1) is 0 Å². The van der Waals surface area contributed by atoms with E-state index in [0.29, 0.717) is 29.5 Å². The van der Waals surface area contributed by atoms with Crippen molar-refractivity contribution in [3.05, 3.63) is 142 Å². The van der Waals surface area contributed by atoms with Crippen LogP contribution in [0.4, 0.5) is 4.39 Å². The molecular formula is C33H31FO4. The Morgan fingerprint density at radius 3 is 1.74 bits per heavy atom. The highest BCUT2D eigenvalue weighted by Gasteiger charge is 2.22. The molecule has 0 fully saturated rings. The Labute approximate surface area is 223 Å². The second-order valence-electron chi connectivity index (χ2n) is 9.89. The van der Waals surface area contributed by atoms with Crippen LogP contribution in [0.3, 0.4) is 0 Å². The van der Waals surface area contributed by atoms with Crippen molar-refractivity contribution in [2.24, 2.45) is 0 Å². The number of carbonyl (C=O) groups excluding carboxylic acids is 2. The summed E-state index contributed by atoms with van der Waals surface area (Å²) in [5, 5.41) is 0. The van der Waals surface area contributed by atoms with Crippen LogP contribution in [0, 0.1) is 5.82 Å². The second-order valence-corrected chi connectivity index (χ2v) is 9.89. The number of benzene rings is 4. The molecule has 0 saturated carbocycles. The first kappa shape index (κ1) is 26.8. The lowest BCUT2D eigenvalue weighted by Gasteiger charge is -2.26. The summed E-state index contributed by atoms with van der Waals surface area (Å²) < 4.78 is 25.4. The van der Waals surface area contributed by atoms with Gasteiger partial charge in [0.15, 0.2) is 0 Å². The maximum Gasteiger partial charge on any atom is 0.338 e. The lowest BCUT2D eigenvalue weighted by Crippen LogP contribution is -2.19. The number of halogens is 1. The molecule has 4 aromatic carbocycles. The van der Waals surface area contributed by atoms with Crippen LogP contribution in [0.25, 0.3) is 0 Å². The van der Waals surface area contributed by atoms with E-state index in [2.05, 4.69) is 13.8 Å². The van der Waals surface area contributed by atoms with E-state index in [1.54, 1.807) is 18.2 Å². The summed E-state index contributed by atoms with van der Waals surface area (Å²) in [6.45, 7) is 4.53. The lowest BCUT2D eigenvalue weighted by molar-refractivity contribution is 0.0464. The molecule has 38 heavy (non-hydrogen) atoms. The average Bonchev–Trinajstić information content (AvgIpc) is 2.95. The Balaban J connectivity index is 1.35. The van der Waals surface area contributed by atoms with E-state index in [1.807, 2.05) is 72.8 Å². The summed E-state index contributed by atoms with van der Waals surface area (Å²) in [7, 11) is 0. The largest absolute Gasteiger partial charge is 0.457 e. The molecule has 0 N–H and O–H groups in total. The zero-order chi connectivity index (χ0) is 27.0. The Hall–Kier alpha value is -4.25. The van der Waals surface area contributed by atoms with Gasteiger partial charge in [-0.05, 0) is 70.8 Å². The minimum atomic E-state index is -0.482. The molecule has 0 aliphatic heterocycles. The quantitative estimate of drug-likeness (QED) is 0.208. The summed E-state index contributed by atoms with van der Waals surface area (Å²) in [6.07, 6.45) is 1.09. The molecule has 194 valence electrons. The smallest absolute Gasteiger partial charge is 0.338 e. The van der Waals surface area contributed by atoms with Crippen LogP contribution in [-0.2, 0) is 34.5 Å². The van der Waals surface area contributed by atoms with Gasteiger partial charge in [-0.3, -0.25) is 0 Å². The summed E-state index contributed by atoms with van der Waals surface area (Å²) in [5.74, 6) is -1.21. The molecule has 0 atom stereocenters. The minimum Gasteiger partial charge on any atom is -0.457 e. The van der Waals surface area contributed by atoms with Crippen LogP contribution in [-0.4, -0.2) is 11.9 Å². The summed E-state index contributed by atoms with van der Waals surface area (Å²) in [4.78, 5) is 25.0. The van der Waals surface area contributed by atoms with E-state index in [-0.39, 0.29) is 30.4 Å². The molecule has 5 heteroatoms. The number of carbonyl (C=O) groups is 2. The molecule has 0 spiro atoms. The highest BCUT2D eigenvalue weighted by Crippen LogP contribution is 2.30. The van der Waals surface area contributed by atoms with Crippen molar-refractivity contribution in [3.63, 3.8) is 0 Å². The summed E-state index contributed by atoms with van der Waals surface area (Å²) >= 11 is 0. The molecule has 0 aliphatic rings. The lowest BCUT2D eigenvalue weighted by atomic mass is 9.79. The molecule has 0 saturated heterocycles. The van der Waals surface area contributed by atoms with E-state index < -0.39 is 5.97 Å². The Kier molecular flexibility index (Phi) is 8.70. The molecule has 4 nitrogen and oxygen atoms in total. The Morgan fingerprint density at radius 1 is 0.684 bits per heavy atom. The minimum absolute atomic E-state index is 0.162. The van der Waals surface area contributed by atoms with Crippen LogP contribution < -0.4 is 0 Å². The van der Waals surface area contributed by atoms with E-state index in [1.165, 1.54) is 12.1 Å². The maximum atomic E-state index is 14.6. The first-order valence-electron chi connectivity index (χ1n) is 12.6. The zero-order valence-corrected chi connectivity index (χ0v) is 21.7. The van der Waals surface area contributed by atoms with Crippen LogP contribution in [0.5, 0.6) is 0 Å². The third-order valence-electron chi connectivity index (χ3n) is 6.63. The first-order chi connectivity index (χ1) is 18.3. The number of esters is 2. The normalized spacial score (nSPS) is 11.1. The van der Waals surface area contributed by atoms with Gasteiger partial charge in [0.05, 0.1) is 11.1 Å². The van der Waals surface area contributed by atoms with Crippen molar-refractivity contribution in [3.8, 4) is 0 Å². The van der Waals surface area contributed by atoms with E-state index in [4.69, 9.17) is 9.47 Å². The summed E-state index contributed by atoms with van der Waals surface area (Å²) in [5.41, 5.74) is 3.83. The molecule has 0 aliphatic carbocycles. The maximum absolute atomic E-state index is 14.6. The van der Waals surface area contributed by atoms with Gasteiger partial charge in [0.2, 0.25) is 0 Å². The van der Waals surface area contributed by atoms with Gasteiger partial charge < -0.3 is 9.47 Å². The molecular weight excluding hydrogens is 479 g/mol. The van der Waals surface area contributed by atoms with Crippen molar-refractivity contribution in [2.75, 3.05) is 0 Å². The number of ether oxygens (including phenoxy) is 2. The van der Waals surface area contributed by atoms with Gasteiger partial charge in [0.25, 0.3) is 0 Å². The van der Waals surface area contributed by atoms with E-state index >= 15 is 0 Å². The molecule has 0 bridgehead atoms. The molecule has 0 radical (unpaired) electrons. The Bertz CT molecular complexity index is 1360. The fraction of sp³-hybridized carbons (Fsp3) is 0.212. The van der Waals surface area contributed by atoms with Crippen molar-refractivity contribution in [1.82, 2.24) is 0 Å². The molecule has 0 aromatic heterocycles. The van der Waals surface area contributed by atoms with Crippen molar-refractivity contribution >= 4 is 11.9 Å². The number of aryl methyl sites for hydroxylation is 1. The second kappa shape index (κ2) is 12.3. The van der Waals surface area contributed by atoms with E-state index in [0.717, 1.165) is 16.7 Å². The van der Waals surface area contributed by atoms with Gasteiger partial charge in [-0.2, -0.15) is 0 Å². The Morgan fingerprint density at radius 2 is 1.18 bits per heavy atom. The van der Waals surface area contributed by atoms with Crippen LogP contribution in [0.15, 0.2) is 103 Å². The van der Waals surface area contributed by atoms with Gasteiger partial charge in [-0.25, -0.2) is 14.0 Å². The molecule has 0 unspecified atom stereocenters. The number of hydrogen-bond donors (Lipinski definition) is 0. The van der Waals surface area contributed by atoms with Gasteiger partial charge in [0, 0.05) is 0 Å². The highest BCUT2D eigenvalue weighted by molar-refractivity contribution is 5.90. The third-order valence-corrected chi connectivity index (χ3v) is 6.63. The fourth-order valence-corrected chi connectivity index (χ4v) is 4.16. The van der Waals surface area contributed by atoms with Gasteiger partial charge >= 0.3 is 11.9 Å². The summed E-state index contributed by atoms with van der Waals surface area (Å²) in [6, 6.07) is 30.6. The van der Waals surface area contributed by atoms with Crippen molar-refractivity contribution in [2.45, 2.75) is 45.3 Å². The first-order valence-corrected chi connectivity index (χ1v) is 12.6. The van der Waals surface area contributed by atoms with Crippen LogP contribution in [0.1, 0.15) is 63.2 Å². The van der Waals surface area contributed by atoms with Crippen molar-refractivity contribution in [1.29, 1.82) is 0 Å². The average molecular weight is 511 g/mol. The predicted octanol–water partition coefficient (Wildman–Crippen LogP) is 7.45. The van der Waals surface area contributed by atoms with Crippen molar-refractivity contribution < 1.29 is 23.5 Å². The number of hydrogen-bond acceptors (Lipinski definition) is 4. The predicted molar refractivity (Wildman–Crippen MR) is 145 cm³/mol. The van der Waals surface area contributed by atoms with Crippen LogP contribution in [0.2, 0.25) is 0 Å². The van der Waals surface area contributed by atoms with Gasteiger partial charge in [-0.1, -0.05) is 86.6 Å². The van der Waals surface area contributed by atoms with Crippen LogP contribution >= 0.6 is 0 Å². The molecule has 4 rings (SSSR count). The fourth-order valence-electron chi connectivity index (χ4n) is 4.16. The van der Waals surface area contributed by atoms with Gasteiger partial charge in [0.1, 0.15) is 19.0 Å². The standard InChI is InChI=1S/C33H31FO4/c1-33(2,29-16-13-26(14-17-29)31(35)37-22-24-9-5-3-6-10-24)20-19-27-21-28(15-18-30(27)34)32(36)38-23-25-11-7-4-8-12-25/h3-18,21H,19-20,22-23H2,1-2H3. The zero-order valence-electron chi connectivity index (χ0n) is 21.7. The third kappa shape index (κ3) is 7.16. The molecule has 0 amide bonds. The topological polar surface area (TPSA) is 52.6 Å². The van der Waals surface area contributed by atoms with E-state index in [9.17, 15) is 14.0 Å². The molecule has 4 aromatic rings.